The van der Waals surface area contributed by atoms with Crippen molar-refractivity contribution < 1.29 is 9.53 Å². The quantitative estimate of drug-likeness (QED) is 0.875. The van der Waals surface area contributed by atoms with Gasteiger partial charge in [-0.15, -0.1) is 24.8 Å². The van der Waals surface area contributed by atoms with E-state index in [1.165, 1.54) is 0 Å². The molecular formula is C16H21Cl2N3O2. The Morgan fingerprint density at radius 1 is 1.22 bits per heavy atom. The minimum atomic E-state index is -0.559. The smallest absolute Gasteiger partial charge is 0.241 e. The number of anilines is 1. The summed E-state index contributed by atoms with van der Waals surface area (Å²) in [4.78, 5) is 15.7. The zero-order chi connectivity index (χ0) is 15.4. The first-order valence-corrected chi connectivity index (χ1v) is 6.74. The highest BCUT2D eigenvalue weighted by molar-refractivity contribution is 5.94. The molecule has 0 aliphatic carbocycles. The van der Waals surface area contributed by atoms with Crippen LogP contribution in [0.2, 0.25) is 0 Å². The Balaban J connectivity index is 0.00000242. The van der Waals surface area contributed by atoms with Crippen molar-refractivity contribution in [3.05, 3.63) is 47.7 Å². The van der Waals surface area contributed by atoms with E-state index >= 15 is 0 Å². The average molecular weight is 358 g/mol. The number of rotatable bonds is 4. The lowest BCUT2D eigenvalue weighted by molar-refractivity contribution is -0.117. The van der Waals surface area contributed by atoms with Crippen LogP contribution in [0.15, 0.2) is 36.5 Å². The number of halogens is 2. The molecule has 1 heterocycles. The summed E-state index contributed by atoms with van der Waals surface area (Å²) in [6.07, 6.45) is 1.54. The summed E-state index contributed by atoms with van der Waals surface area (Å²) < 4.78 is 5.75. The molecule has 2 rings (SSSR count). The lowest BCUT2D eigenvalue weighted by Gasteiger charge is -2.11. The number of carbonyl (C=O) groups excluding carboxylic acids is 1. The standard InChI is InChI=1S/C16H19N3O2.2ClH/c1-10-5-4-6-14(11(10)2)21-15-8-7-13(9-18-15)19-16(20)12(3)17;;/h4-9,12H,17H2,1-3H3,(H,19,20);2*1H/t12-;;/m1../s1. The molecule has 1 aromatic heterocycles. The molecule has 0 aliphatic rings. The highest BCUT2D eigenvalue weighted by Gasteiger charge is 2.08. The van der Waals surface area contributed by atoms with Crippen molar-refractivity contribution in [2.45, 2.75) is 26.8 Å². The highest BCUT2D eigenvalue weighted by atomic mass is 35.5. The zero-order valence-corrected chi connectivity index (χ0v) is 14.8. The van der Waals surface area contributed by atoms with E-state index < -0.39 is 6.04 Å². The molecule has 5 nitrogen and oxygen atoms in total. The largest absolute Gasteiger partial charge is 0.439 e. The van der Waals surface area contributed by atoms with Gasteiger partial charge in [0.1, 0.15) is 5.75 Å². The van der Waals surface area contributed by atoms with E-state index in [0.717, 1.165) is 16.9 Å². The second-order valence-corrected chi connectivity index (χ2v) is 4.96. The van der Waals surface area contributed by atoms with Gasteiger partial charge in [-0.25, -0.2) is 4.98 Å². The van der Waals surface area contributed by atoms with Gasteiger partial charge in [-0.05, 0) is 44.0 Å². The monoisotopic (exact) mass is 357 g/mol. The third kappa shape index (κ3) is 5.71. The molecule has 0 bridgehead atoms. The third-order valence-corrected chi connectivity index (χ3v) is 3.19. The number of pyridine rings is 1. The van der Waals surface area contributed by atoms with Gasteiger partial charge in [0.05, 0.1) is 17.9 Å². The number of ether oxygens (including phenoxy) is 1. The molecule has 1 amide bonds. The fourth-order valence-electron chi connectivity index (χ4n) is 1.72. The maximum absolute atomic E-state index is 11.5. The van der Waals surface area contributed by atoms with Gasteiger partial charge >= 0.3 is 0 Å². The van der Waals surface area contributed by atoms with Gasteiger partial charge in [0.15, 0.2) is 0 Å². The molecule has 3 N–H and O–H groups in total. The Kier molecular flexibility index (Phi) is 8.61. The minimum Gasteiger partial charge on any atom is -0.439 e. The second kappa shape index (κ2) is 9.35. The first kappa shape index (κ1) is 21.2. The SMILES string of the molecule is Cc1cccc(Oc2ccc(NC(=O)[C@@H](C)N)cn2)c1C.Cl.Cl. The molecule has 0 fully saturated rings. The Bertz CT molecular complexity index is 646. The van der Waals surface area contributed by atoms with E-state index in [1.807, 2.05) is 32.0 Å². The molecule has 1 atom stereocenters. The Hall–Kier alpha value is -1.82. The van der Waals surface area contributed by atoms with Crippen LogP contribution in [0.4, 0.5) is 5.69 Å². The molecule has 0 spiro atoms. The van der Waals surface area contributed by atoms with E-state index in [9.17, 15) is 4.79 Å². The van der Waals surface area contributed by atoms with Gasteiger partial charge in [-0.3, -0.25) is 4.79 Å². The number of hydrogen-bond donors (Lipinski definition) is 2. The van der Waals surface area contributed by atoms with Gasteiger partial charge in [0.2, 0.25) is 11.8 Å². The number of aryl methyl sites for hydroxylation is 1. The summed E-state index contributed by atoms with van der Waals surface area (Å²) in [6, 6.07) is 8.75. The average Bonchev–Trinajstić information content (AvgIpc) is 2.46. The number of hydrogen-bond acceptors (Lipinski definition) is 4. The van der Waals surface area contributed by atoms with Crippen molar-refractivity contribution in [2.24, 2.45) is 5.73 Å². The third-order valence-electron chi connectivity index (χ3n) is 3.19. The first-order valence-electron chi connectivity index (χ1n) is 6.74. The molecule has 0 saturated heterocycles. The molecule has 2 aromatic rings. The Morgan fingerprint density at radius 3 is 2.48 bits per heavy atom. The Labute approximate surface area is 148 Å². The maximum atomic E-state index is 11.5. The zero-order valence-electron chi connectivity index (χ0n) is 13.2. The van der Waals surface area contributed by atoms with Crippen LogP contribution in [0.3, 0.4) is 0 Å². The summed E-state index contributed by atoms with van der Waals surface area (Å²) in [7, 11) is 0. The van der Waals surface area contributed by atoms with Crippen LogP contribution < -0.4 is 15.8 Å². The predicted molar refractivity (Wildman–Crippen MR) is 97.0 cm³/mol. The van der Waals surface area contributed by atoms with Crippen LogP contribution in [0.5, 0.6) is 11.6 Å². The molecule has 23 heavy (non-hydrogen) atoms. The molecule has 7 heteroatoms. The minimum absolute atomic E-state index is 0. The fourth-order valence-corrected chi connectivity index (χ4v) is 1.72. The van der Waals surface area contributed by atoms with Crippen molar-refractivity contribution in [2.75, 3.05) is 5.32 Å². The summed E-state index contributed by atoms with van der Waals surface area (Å²) in [5.41, 5.74) is 8.32. The number of nitrogens with zero attached hydrogens (tertiary/aromatic N) is 1. The second-order valence-electron chi connectivity index (χ2n) is 4.96. The topological polar surface area (TPSA) is 77.2 Å². The fraction of sp³-hybridized carbons (Fsp3) is 0.250. The van der Waals surface area contributed by atoms with Crippen molar-refractivity contribution in [3.63, 3.8) is 0 Å². The van der Waals surface area contributed by atoms with Crippen molar-refractivity contribution in [1.82, 2.24) is 4.98 Å². The van der Waals surface area contributed by atoms with Crippen molar-refractivity contribution in [1.29, 1.82) is 0 Å². The first-order chi connectivity index (χ1) is 9.97. The number of carbonyl (C=O) groups is 1. The molecule has 0 aliphatic heterocycles. The van der Waals surface area contributed by atoms with Gasteiger partial charge in [0.25, 0.3) is 0 Å². The molecule has 0 radical (unpaired) electrons. The van der Waals surface area contributed by atoms with Gasteiger partial charge < -0.3 is 15.8 Å². The molecule has 0 saturated carbocycles. The number of benzene rings is 1. The van der Waals surface area contributed by atoms with Crippen LogP contribution in [0.25, 0.3) is 0 Å². The molecule has 1 aromatic carbocycles. The van der Waals surface area contributed by atoms with Gasteiger partial charge in [0, 0.05) is 6.07 Å². The predicted octanol–water partition coefficient (Wildman–Crippen LogP) is 3.62. The number of nitrogens with two attached hydrogens (primary N) is 1. The lowest BCUT2D eigenvalue weighted by Crippen LogP contribution is -2.32. The Morgan fingerprint density at radius 2 is 1.91 bits per heavy atom. The number of amides is 1. The van der Waals surface area contributed by atoms with Crippen LogP contribution in [0, 0.1) is 13.8 Å². The van der Waals surface area contributed by atoms with Gasteiger partial charge in [-0.2, -0.15) is 0 Å². The summed E-state index contributed by atoms with van der Waals surface area (Å²) in [5, 5.41) is 2.67. The van der Waals surface area contributed by atoms with Crippen LogP contribution >= 0.6 is 24.8 Å². The normalized spacial score (nSPS) is 10.8. The number of nitrogens with one attached hydrogen (secondary N) is 1. The van der Waals surface area contributed by atoms with E-state index in [1.54, 1.807) is 25.3 Å². The summed E-state index contributed by atoms with van der Waals surface area (Å²) in [6.45, 7) is 5.66. The van der Waals surface area contributed by atoms with Crippen molar-refractivity contribution >= 4 is 36.4 Å². The molecular weight excluding hydrogens is 337 g/mol. The van der Waals surface area contributed by atoms with E-state index in [4.69, 9.17) is 10.5 Å². The molecule has 0 unspecified atom stereocenters. The number of aromatic nitrogens is 1. The van der Waals surface area contributed by atoms with Crippen LogP contribution in [-0.2, 0) is 4.79 Å². The highest BCUT2D eigenvalue weighted by Crippen LogP contribution is 2.26. The van der Waals surface area contributed by atoms with E-state index in [-0.39, 0.29) is 30.7 Å². The molecule has 126 valence electrons. The van der Waals surface area contributed by atoms with Crippen LogP contribution in [-0.4, -0.2) is 16.9 Å². The summed E-state index contributed by atoms with van der Waals surface area (Å²) in [5.74, 6) is 0.998. The lowest BCUT2D eigenvalue weighted by atomic mass is 10.1. The van der Waals surface area contributed by atoms with Gasteiger partial charge in [-0.1, -0.05) is 12.1 Å². The maximum Gasteiger partial charge on any atom is 0.241 e. The van der Waals surface area contributed by atoms with E-state index in [2.05, 4.69) is 10.3 Å². The van der Waals surface area contributed by atoms with Crippen LogP contribution in [0.1, 0.15) is 18.1 Å². The van der Waals surface area contributed by atoms with E-state index in [0.29, 0.717) is 11.6 Å². The van der Waals surface area contributed by atoms with Crippen molar-refractivity contribution in [3.8, 4) is 11.6 Å². The summed E-state index contributed by atoms with van der Waals surface area (Å²) >= 11 is 0.